The lowest BCUT2D eigenvalue weighted by Gasteiger charge is -2.21. The first-order chi connectivity index (χ1) is 10.2. The minimum atomic E-state index is -0.894. The molecule has 122 valence electrons. The predicted octanol–water partition coefficient (Wildman–Crippen LogP) is 3.39. The van der Waals surface area contributed by atoms with Gasteiger partial charge >= 0.3 is 12.0 Å². The van der Waals surface area contributed by atoms with Crippen molar-refractivity contribution in [2.75, 3.05) is 13.1 Å². The zero-order chi connectivity index (χ0) is 15.5. The quantitative estimate of drug-likeness (QED) is 0.607. The maximum atomic E-state index is 11.9. The molecule has 0 bridgehead atoms. The molecule has 1 saturated heterocycles. The fourth-order valence-electron chi connectivity index (χ4n) is 2.82. The highest BCUT2D eigenvalue weighted by atomic mass is 16.4. The fraction of sp³-hybridized carbons (Fsp3) is 0.875. The number of carbonyl (C=O) groups is 2. The number of hydrogen-bond acceptors (Lipinski definition) is 2. The normalized spacial score (nSPS) is 18.0. The van der Waals surface area contributed by atoms with Gasteiger partial charge in [0.15, 0.2) is 0 Å². The molecular formula is C16H30N2O3. The first-order valence-corrected chi connectivity index (χ1v) is 8.44. The Balaban J connectivity index is 2.02. The van der Waals surface area contributed by atoms with E-state index in [1.165, 1.54) is 43.4 Å². The molecule has 0 radical (unpaired) electrons. The van der Waals surface area contributed by atoms with Crippen molar-refractivity contribution in [1.82, 2.24) is 10.2 Å². The minimum Gasteiger partial charge on any atom is -0.480 e. The van der Waals surface area contributed by atoms with E-state index in [-0.39, 0.29) is 6.03 Å². The Labute approximate surface area is 128 Å². The molecule has 0 aromatic carbocycles. The van der Waals surface area contributed by atoms with Gasteiger partial charge in [0.2, 0.25) is 0 Å². The van der Waals surface area contributed by atoms with Crippen molar-refractivity contribution >= 4 is 12.0 Å². The largest absolute Gasteiger partial charge is 0.480 e. The summed E-state index contributed by atoms with van der Waals surface area (Å²) in [4.78, 5) is 24.4. The molecule has 1 rings (SSSR count). The third-order valence-corrected chi connectivity index (χ3v) is 4.11. The van der Waals surface area contributed by atoms with Crippen molar-refractivity contribution in [3.8, 4) is 0 Å². The second-order valence-electron chi connectivity index (χ2n) is 5.90. The lowest BCUT2D eigenvalue weighted by atomic mass is 10.1. The number of carboxylic acids is 1. The van der Waals surface area contributed by atoms with Crippen LogP contribution in [0.25, 0.3) is 0 Å². The molecule has 0 unspecified atom stereocenters. The number of nitrogens with one attached hydrogen (secondary N) is 1. The smallest absolute Gasteiger partial charge is 0.326 e. The van der Waals surface area contributed by atoms with Gasteiger partial charge in [0.1, 0.15) is 6.04 Å². The van der Waals surface area contributed by atoms with Crippen molar-refractivity contribution in [2.45, 2.75) is 77.2 Å². The lowest BCUT2D eigenvalue weighted by molar-refractivity contribution is -0.141. The van der Waals surface area contributed by atoms with Crippen LogP contribution in [0.2, 0.25) is 0 Å². The van der Waals surface area contributed by atoms with Gasteiger partial charge in [-0.3, -0.25) is 0 Å². The molecule has 1 aliphatic heterocycles. The topological polar surface area (TPSA) is 69.6 Å². The molecule has 1 atom stereocenters. The van der Waals surface area contributed by atoms with E-state index < -0.39 is 12.0 Å². The number of likely N-dealkylation sites (tertiary alicyclic amines) is 1. The van der Waals surface area contributed by atoms with E-state index in [9.17, 15) is 9.59 Å². The summed E-state index contributed by atoms with van der Waals surface area (Å²) in [5, 5.41) is 11.9. The first-order valence-electron chi connectivity index (χ1n) is 8.44. The van der Waals surface area contributed by atoms with Crippen molar-refractivity contribution in [2.24, 2.45) is 0 Å². The molecule has 5 heteroatoms. The Morgan fingerprint density at radius 2 is 1.71 bits per heavy atom. The number of rotatable bonds is 10. The molecule has 0 aromatic heterocycles. The third-order valence-electron chi connectivity index (χ3n) is 4.11. The van der Waals surface area contributed by atoms with Crippen LogP contribution in [0.3, 0.4) is 0 Å². The maximum Gasteiger partial charge on any atom is 0.326 e. The fourth-order valence-corrected chi connectivity index (χ4v) is 2.82. The van der Waals surface area contributed by atoms with Gasteiger partial charge < -0.3 is 15.3 Å². The summed E-state index contributed by atoms with van der Waals surface area (Å²) in [6.45, 7) is 3.43. The summed E-state index contributed by atoms with van der Waals surface area (Å²) in [5.74, 6) is -0.894. The number of amides is 2. The standard InChI is InChI=1S/C16H30N2O3/c1-2-3-4-5-6-7-8-9-12-17-16(21)18-13-10-11-14(18)15(19)20/h14H,2-13H2,1H3,(H,17,21)(H,19,20)/t14-/m1/s1. The number of unbranched alkanes of at least 4 members (excludes halogenated alkanes) is 7. The number of nitrogens with zero attached hydrogens (tertiary/aromatic N) is 1. The molecule has 1 fully saturated rings. The zero-order valence-electron chi connectivity index (χ0n) is 13.3. The highest BCUT2D eigenvalue weighted by Gasteiger charge is 2.33. The van der Waals surface area contributed by atoms with Crippen LogP contribution in [0.4, 0.5) is 4.79 Å². The van der Waals surface area contributed by atoms with E-state index in [0.717, 1.165) is 19.3 Å². The highest BCUT2D eigenvalue weighted by molar-refractivity contribution is 5.83. The SMILES string of the molecule is CCCCCCCCCCNC(=O)N1CCC[C@@H]1C(=O)O. The average molecular weight is 298 g/mol. The Hall–Kier alpha value is -1.26. The van der Waals surface area contributed by atoms with Crippen LogP contribution in [0.5, 0.6) is 0 Å². The van der Waals surface area contributed by atoms with Crippen LogP contribution >= 0.6 is 0 Å². The Morgan fingerprint density at radius 1 is 1.10 bits per heavy atom. The monoisotopic (exact) mass is 298 g/mol. The molecule has 0 saturated carbocycles. The molecule has 0 spiro atoms. The molecule has 0 aromatic rings. The van der Waals surface area contributed by atoms with Crippen LogP contribution in [0.1, 0.15) is 71.1 Å². The van der Waals surface area contributed by atoms with Gasteiger partial charge in [-0.15, -0.1) is 0 Å². The molecule has 2 amide bonds. The summed E-state index contributed by atoms with van der Waals surface area (Å²) >= 11 is 0. The molecule has 21 heavy (non-hydrogen) atoms. The van der Waals surface area contributed by atoms with Gasteiger partial charge in [-0.2, -0.15) is 0 Å². The maximum absolute atomic E-state index is 11.9. The number of aliphatic carboxylic acids is 1. The number of carboxylic acid groups (broad SMARTS) is 1. The number of carbonyl (C=O) groups excluding carboxylic acids is 1. The van der Waals surface area contributed by atoms with Gasteiger partial charge in [-0.1, -0.05) is 51.9 Å². The molecule has 1 heterocycles. The summed E-state index contributed by atoms with van der Waals surface area (Å²) in [6.07, 6.45) is 11.2. The van der Waals surface area contributed by atoms with Crippen molar-refractivity contribution < 1.29 is 14.7 Å². The first kappa shape index (κ1) is 17.8. The second kappa shape index (κ2) is 10.5. The minimum absolute atomic E-state index is 0.220. The van der Waals surface area contributed by atoms with Crippen LogP contribution in [-0.4, -0.2) is 41.1 Å². The number of urea groups is 1. The second-order valence-corrected chi connectivity index (χ2v) is 5.90. The van der Waals surface area contributed by atoms with Crippen LogP contribution in [0, 0.1) is 0 Å². The van der Waals surface area contributed by atoms with Gasteiger partial charge in [-0.05, 0) is 19.3 Å². The van der Waals surface area contributed by atoms with Crippen LogP contribution in [0.15, 0.2) is 0 Å². The van der Waals surface area contributed by atoms with E-state index >= 15 is 0 Å². The van der Waals surface area contributed by atoms with E-state index in [1.807, 2.05) is 0 Å². The van der Waals surface area contributed by atoms with E-state index in [0.29, 0.717) is 19.5 Å². The van der Waals surface area contributed by atoms with Gasteiger partial charge in [0.25, 0.3) is 0 Å². The van der Waals surface area contributed by atoms with E-state index in [4.69, 9.17) is 5.11 Å². The lowest BCUT2D eigenvalue weighted by Crippen LogP contribution is -2.46. The highest BCUT2D eigenvalue weighted by Crippen LogP contribution is 2.17. The summed E-state index contributed by atoms with van der Waals surface area (Å²) < 4.78 is 0. The van der Waals surface area contributed by atoms with E-state index in [1.54, 1.807) is 0 Å². The molecule has 2 N–H and O–H groups in total. The Bertz CT molecular complexity index is 321. The predicted molar refractivity (Wildman–Crippen MR) is 83.4 cm³/mol. The summed E-state index contributed by atoms with van der Waals surface area (Å²) in [6, 6.07) is -0.855. The molecule has 5 nitrogen and oxygen atoms in total. The Morgan fingerprint density at radius 3 is 2.33 bits per heavy atom. The van der Waals surface area contributed by atoms with Gasteiger partial charge in [0, 0.05) is 13.1 Å². The van der Waals surface area contributed by atoms with Crippen molar-refractivity contribution in [3.05, 3.63) is 0 Å². The van der Waals surface area contributed by atoms with Crippen LogP contribution < -0.4 is 5.32 Å². The van der Waals surface area contributed by atoms with Crippen LogP contribution in [-0.2, 0) is 4.79 Å². The molecule has 0 aliphatic carbocycles. The summed E-state index contributed by atoms with van der Waals surface area (Å²) in [7, 11) is 0. The van der Waals surface area contributed by atoms with Crippen molar-refractivity contribution in [1.29, 1.82) is 0 Å². The summed E-state index contributed by atoms with van der Waals surface area (Å²) in [5.41, 5.74) is 0. The molecule has 1 aliphatic rings. The zero-order valence-corrected chi connectivity index (χ0v) is 13.3. The number of hydrogen-bond donors (Lipinski definition) is 2. The van der Waals surface area contributed by atoms with E-state index in [2.05, 4.69) is 12.2 Å². The molecular weight excluding hydrogens is 268 g/mol. The van der Waals surface area contributed by atoms with Gasteiger partial charge in [-0.25, -0.2) is 9.59 Å². The Kier molecular flexibility index (Phi) is 8.87. The van der Waals surface area contributed by atoms with Crippen molar-refractivity contribution in [3.63, 3.8) is 0 Å². The third kappa shape index (κ3) is 6.82. The average Bonchev–Trinajstić information content (AvgIpc) is 2.95. The van der Waals surface area contributed by atoms with Gasteiger partial charge in [0.05, 0.1) is 0 Å².